The Kier molecular flexibility index (Phi) is 5.67. The van der Waals surface area contributed by atoms with Crippen molar-refractivity contribution in [1.82, 2.24) is 0 Å². The Morgan fingerprint density at radius 3 is 2.44 bits per heavy atom. The summed E-state index contributed by atoms with van der Waals surface area (Å²) in [6.45, 7) is 9.98. The number of carbonyl (C=O) groups excluding carboxylic acids is 1. The van der Waals surface area contributed by atoms with E-state index < -0.39 is 0 Å². The minimum Gasteiger partial charge on any atom is -0.287 e. The van der Waals surface area contributed by atoms with Gasteiger partial charge in [-0.2, -0.15) is 0 Å². The van der Waals surface area contributed by atoms with Crippen molar-refractivity contribution in [3.63, 3.8) is 0 Å². The maximum absolute atomic E-state index is 11.8. The SMILES string of the molecule is C=CCc1ccccc1CCC(=O)SC(C)(C)C. The highest BCUT2D eigenvalue weighted by Gasteiger charge is 2.16. The highest BCUT2D eigenvalue weighted by molar-refractivity contribution is 8.14. The minimum atomic E-state index is 0.0116. The van der Waals surface area contributed by atoms with Crippen LogP contribution in [0.1, 0.15) is 38.3 Å². The molecule has 0 aliphatic carbocycles. The van der Waals surface area contributed by atoms with E-state index in [1.165, 1.54) is 22.9 Å². The van der Waals surface area contributed by atoms with Crippen LogP contribution in [0.3, 0.4) is 0 Å². The van der Waals surface area contributed by atoms with Gasteiger partial charge >= 0.3 is 0 Å². The van der Waals surface area contributed by atoms with Crippen LogP contribution in [0.2, 0.25) is 0 Å². The number of allylic oxidation sites excluding steroid dienone is 1. The summed E-state index contributed by atoms with van der Waals surface area (Å²) < 4.78 is 0.0116. The zero-order valence-electron chi connectivity index (χ0n) is 11.5. The van der Waals surface area contributed by atoms with Gasteiger partial charge in [0.2, 0.25) is 0 Å². The van der Waals surface area contributed by atoms with Gasteiger partial charge < -0.3 is 0 Å². The second-order valence-corrected chi connectivity index (χ2v) is 7.23. The molecule has 0 aromatic heterocycles. The average molecular weight is 262 g/mol. The Labute approximate surface area is 115 Å². The van der Waals surface area contributed by atoms with Crippen molar-refractivity contribution >= 4 is 16.9 Å². The summed E-state index contributed by atoms with van der Waals surface area (Å²) in [7, 11) is 0. The van der Waals surface area contributed by atoms with Gasteiger partial charge in [0, 0.05) is 11.2 Å². The van der Waals surface area contributed by atoms with Gasteiger partial charge in [-0.15, -0.1) is 6.58 Å². The van der Waals surface area contributed by atoms with Crippen molar-refractivity contribution in [3.8, 4) is 0 Å². The second kappa shape index (κ2) is 6.79. The Hall–Kier alpha value is -1.02. The van der Waals surface area contributed by atoms with Crippen LogP contribution in [-0.2, 0) is 17.6 Å². The van der Waals surface area contributed by atoms with E-state index in [2.05, 4.69) is 39.5 Å². The number of benzene rings is 1. The molecule has 0 amide bonds. The first-order valence-corrected chi connectivity index (χ1v) is 7.13. The predicted octanol–water partition coefficient (Wildman–Crippen LogP) is 4.41. The molecular weight excluding hydrogens is 240 g/mol. The lowest BCUT2D eigenvalue weighted by Crippen LogP contribution is -2.12. The van der Waals surface area contributed by atoms with E-state index in [9.17, 15) is 4.79 Å². The molecular formula is C16H22OS. The molecule has 0 radical (unpaired) electrons. The molecule has 1 aromatic rings. The monoisotopic (exact) mass is 262 g/mol. The molecule has 98 valence electrons. The van der Waals surface area contributed by atoms with Crippen LogP contribution in [0.5, 0.6) is 0 Å². The third-order valence-corrected chi connectivity index (χ3v) is 3.55. The van der Waals surface area contributed by atoms with Crippen LogP contribution in [0, 0.1) is 0 Å². The van der Waals surface area contributed by atoms with Gasteiger partial charge in [0.15, 0.2) is 5.12 Å². The van der Waals surface area contributed by atoms with Gasteiger partial charge in [0.05, 0.1) is 0 Å². The molecule has 0 aliphatic rings. The molecule has 1 nitrogen and oxygen atoms in total. The summed E-state index contributed by atoms with van der Waals surface area (Å²) in [5, 5.41) is 0.274. The molecule has 0 N–H and O–H groups in total. The van der Waals surface area contributed by atoms with Crippen LogP contribution in [0.4, 0.5) is 0 Å². The molecule has 2 heteroatoms. The molecule has 0 aliphatic heterocycles. The number of rotatable bonds is 5. The minimum absolute atomic E-state index is 0.0116. The Morgan fingerprint density at radius 1 is 1.28 bits per heavy atom. The number of thioether (sulfide) groups is 1. The maximum Gasteiger partial charge on any atom is 0.189 e. The normalized spacial score (nSPS) is 11.3. The summed E-state index contributed by atoms with van der Waals surface area (Å²) in [5.74, 6) is 0. The first-order chi connectivity index (χ1) is 8.42. The van der Waals surface area contributed by atoms with Gasteiger partial charge in [-0.05, 0) is 24.0 Å². The lowest BCUT2D eigenvalue weighted by molar-refractivity contribution is -0.111. The lowest BCUT2D eigenvalue weighted by atomic mass is 10.0. The predicted molar refractivity (Wildman–Crippen MR) is 81.0 cm³/mol. The van der Waals surface area contributed by atoms with Crippen LogP contribution in [-0.4, -0.2) is 9.86 Å². The van der Waals surface area contributed by atoms with E-state index in [0.717, 1.165) is 12.8 Å². The molecule has 0 saturated carbocycles. The number of carbonyl (C=O) groups is 1. The third kappa shape index (κ3) is 5.54. The molecule has 1 rings (SSSR count). The first kappa shape index (κ1) is 15.0. The molecule has 1 aromatic carbocycles. The van der Waals surface area contributed by atoms with E-state index in [1.807, 2.05) is 18.2 Å². The number of aryl methyl sites for hydroxylation is 1. The van der Waals surface area contributed by atoms with Gasteiger partial charge in [-0.25, -0.2) is 0 Å². The molecule has 0 unspecified atom stereocenters. The topological polar surface area (TPSA) is 17.1 Å². The zero-order valence-corrected chi connectivity index (χ0v) is 12.3. The van der Waals surface area contributed by atoms with Crippen LogP contribution in [0.25, 0.3) is 0 Å². The van der Waals surface area contributed by atoms with E-state index in [0.29, 0.717) is 6.42 Å². The van der Waals surface area contributed by atoms with Gasteiger partial charge in [-0.1, -0.05) is 62.9 Å². The lowest BCUT2D eigenvalue weighted by Gasteiger charge is -2.16. The quantitative estimate of drug-likeness (QED) is 0.731. The molecule has 18 heavy (non-hydrogen) atoms. The van der Waals surface area contributed by atoms with Crippen molar-refractivity contribution in [2.24, 2.45) is 0 Å². The average Bonchev–Trinajstić information content (AvgIpc) is 2.26. The van der Waals surface area contributed by atoms with Crippen molar-refractivity contribution in [2.75, 3.05) is 0 Å². The van der Waals surface area contributed by atoms with Crippen LogP contribution < -0.4 is 0 Å². The van der Waals surface area contributed by atoms with E-state index in [-0.39, 0.29) is 9.86 Å². The van der Waals surface area contributed by atoms with Crippen molar-refractivity contribution in [1.29, 1.82) is 0 Å². The highest BCUT2D eigenvalue weighted by Crippen LogP contribution is 2.26. The van der Waals surface area contributed by atoms with Gasteiger partial charge in [0.1, 0.15) is 0 Å². The number of hydrogen-bond acceptors (Lipinski definition) is 2. The molecule has 0 heterocycles. The van der Waals surface area contributed by atoms with E-state index >= 15 is 0 Å². The van der Waals surface area contributed by atoms with Gasteiger partial charge in [0.25, 0.3) is 0 Å². The molecule has 0 atom stereocenters. The first-order valence-electron chi connectivity index (χ1n) is 6.32. The summed E-state index contributed by atoms with van der Waals surface area (Å²) in [6, 6.07) is 8.28. The summed E-state index contributed by atoms with van der Waals surface area (Å²) in [4.78, 5) is 11.8. The second-order valence-electron chi connectivity index (χ2n) is 5.35. The number of hydrogen-bond donors (Lipinski definition) is 0. The fraction of sp³-hybridized carbons (Fsp3) is 0.438. The Balaban J connectivity index is 2.58. The summed E-state index contributed by atoms with van der Waals surface area (Å²) >= 11 is 1.44. The van der Waals surface area contributed by atoms with Crippen LogP contribution >= 0.6 is 11.8 Å². The summed E-state index contributed by atoms with van der Waals surface area (Å²) in [5.41, 5.74) is 2.54. The van der Waals surface area contributed by atoms with E-state index in [4.69, 9.17) is 0 Å². The van der Waals surface area contributed by atoms with Crippen LogP contribution in [0.15, 0.2) is 36.9 Å². The standard InChI is InChI=1S/C16H22OS/c1-5-8-13-9-6-7-10-14(13)11-12-15(17)18-16(2,3)4/h5-7,9-10H,1,8,11-12H2,2-4H3. The van der Waals surface area contributed by atoms with Crippen molar-refractivity contribution in [2.45, 2.75) is 44.8 Å². The zero-order chi connectivity index (χ0) is 13.6. The molecule has 0 bridgehead atoms. The highest BCUT2D eigenvalue weighted by atomic mass is 32.2. The van der Waals surface area contributed by atoms with Gasteiger partial charge in [-0.3, -0.25) is 4.79 Å². The third-order valence-electron chi connectivity index (χ3n) is 2.50. The van der Waals surface area contributed by atoms with Crippen molar-refractivity contribution < 1.29 is 4.79 Å². The fourth-order valence-electron chi connectivity index (χ4n) is 1.79. The molecule has 0 spiro atoms. The smallest absolute Gasteiger partial charge is 0.189 e. The van der Waals surface area contributed by atoms with E-state index in [1.54, 1.807) is 0 Å². The maximum atomic E-state index is 11.8. The summed E-state index contributed by atoms with van der Waals surface area (Å²) in [6.07, 6.45) is 4.21. The fourth-order valence-corrected chi connectivity index (χ4v) is 2.67. The molecule has 0 fully saturated rings. The molecule has 0 saturated heterocycles. The Morgan fingerprint density at radius 2 is 1.89 bits per heavy atom. The van der Waals surface area contributed by atoms with Crippen molar-refractivity contribution in [3.05, 3.63) is 48.0 Å². The Bertz CT molecular complexity index is 415. The largest absolute Gasteiger partial charge is 0.287 e.